The van der Waals surface area contributed by atoms with Crippen LogP contribution in [0.4, 0.5) is 0 Å². The molecule has 6 heteroatoms. The molecule has 0 unspecified atom stereocenters. The maximum Gasteiger partial charge on any atom is 0.134 e. The molecule has 86 valence electrons. The van der Waals surface area contributed by atoms with Gasteiger partial charge in [0.15, 0.2) is 0 Å². The first-order valence-corrected chi connectivity index (χ1v) is 6.41. The van der Waals surface area contributed by atoms with Crippen LogP contribution in [0.15, 0.2) is 30.3 Å². The summed E-state index contributed by atoms with van der Waals surface area (Å²) in [6, 6.07) is 9.53. The molecular formula is C12H5ClN4S. The van der Waals surface area contributed by atoms with E-state index in [2.05, 4.69) is 18.7 Å². The maximum atomic E-state index is 6.16. The van der Waals surface area contributed by atoms with Crippen LogP contribution in [0.3, 0.4) is 0 Å². The van der Waals surface area contributed by atoms with E-state index < -0.39 is 0 Å². The van der Waals surface area contributed by atoms with Crippen molar-refractivity contribution in [3.63, 3.8) is 0 Å². The van der Waals surface area contributed by atoms with Crippen LogP contribution in [0, 0.1) is 0 Å². The van der Waals surface area contributed by atoms with E-state index in [9.17, 15) is 0 Å². The largest absolute Gasteiger partial charge is 0.244 e. The van der Waals surface area contributed by atoms with E-state index in [4.69, 9.17) is 11.6 Å². The lowest BCUT2D eigenvalue weighted by Gasteiger charge is -2.01. The lowest BCUT2D eigenvalue weighted by atomic mass is 10.2. The molecule has 0 aliphatic rings. The summed E-state index contributed by atoms with van der Waals surface area (Å²) in [6.45, 7) is 0. The summed E-state index contributed by atoms with van der Waals surface area (Å²) in [5.41, 5.74) is 4.62. The second-order valence-corrected chi connectivity index (χ2v) is 4.84. The third kappa shape index (κ3) is 1.31. The number of aromatic nitrogens is 4. The Morgan fingerprint density at radius 1 is 0.833 bits per heavy atom. The van der Waals surface area contributed by atoms with Crippen molar-refractivity contribution in [2.75, 3.05) is 0 Å². The highest BCUT2D eigenvalue weighted by molar-refractivity contribution is 7.00. The van der Waals surface area contributed by atoms with Gasteiger partial charge in [0.25, 0.3) is 0 Å². The van der Waals surface area contributed by atoms with E-state index in [1.807, 2.05) is 24.3 Å². The van der Waals surface area contributed by atoms with Crippen molar-refractivity contribution in [1.82, 2.24) is 18.7 Å². The van der Waals surface area contributed by atoms with Crippen LogP contribution in [0.2, 0.25) is 5.02 Å². The fraction of sp³-hybridized carbons (Fsp3) is 0. The molecule has 18 heavy (non-hydrogen) atoms. The Bertz CT molecular complexity index is 902. The van der Waals surface area contributed by atoms with Crippen molar-refractivity contribution >= 4 is 56.4 Å². The Morgan fingerprint density at radius 3 is 2.39 bits per heavy atom. The summed E-state index contributed by atoms with van der Waals surface area (Å²) in [6.07, 6.45) is 0. The number of rotatable bonds is 0. The van der Waals surface area contributed by atoms with Crippen LogP contribution in [0.5, 0.6) is 0 Å². The van der Waals surface area contributed by atoms with Gasteiger partial charge in [0.05, 0.1) is 33.3 Å². The summed E-state index contributed by atoms with van der Waals surface area (Å²) in [5.74, 6) is 0. The summed E-state index contributed by atoms with van der Waals surface area (Å²) in [4.78, 5) is 9.16. The SMILES string of the molecule is Clc1cc2nc3ccccc3nc2c2nsnc12. The molecule has 0 aliphatic heterocycles. The molecule has 0 bridgehead atoms. The average molecular weight is 273 g/mol. The van der Waals surface area contributed by atoms with Crippen LogP contribution >= 0.6 is 23.3 Å². The molecular weight excluding hydrogens is 268 g/mol. The van der Waals surface area contributed by atoms with Gasteiger partial charge in [-0.15, -0.1) is 0 Å². The van der Waals surface area contributed by atoms with Crippen molar-refractivity contribution in [2.45, 2.75) is 0 Å². The zero-order valence-electron chi connectivity index (χ0n) is 8.96. The molecule has 0 saturated heterocycles. The first-order valence-electron chi connectivity index (χ1n) is 5.30. The Balaban J connectivity index is 2.30. The predicted molar refractivity (Wildman–Crippen MR) is 73.0 cm³/mol. The van der Waals surface area contributed by atoms with Crippen LogP contribution in [-0.4, -0.2) is 18.7 Å². The second kappa shape index (κ2) is 3.57. The van der Waals surface area contributed by atoms with Gasteiger partial charge in [-0.25, -0.2) is 9.97 Å². The summed E-state index contributed by atoms with van der Waals surface area (Å²) < 4.78 is 8.44. The molecule has 0 spiro atoms. The van der Waals surface area contributed by atoms with E-state index in [1.165, 1.54) is 0 Å². The Labute approximate surface area is 111 Å². The van der Waals surface area contributed by atoms with Gasteiger partial charge in [-0.05, 0) is 18.2 Å². The van der Waals surface area contributed by atoms with Crippen LogP contribution in [-0.2, 0) is 0 Å². The van der Waals surface area contributed by atoms with E-state index in [0.29, 0.717) is 10.5 Å². The topological polar surface area (TPSA) is 51.6 Å². The Kier molecular flexibility index (Phi) is 2.00. The molecule has 0 N–H and O–H groups in total. The number of fused-ring (bicyclic) bond motifs is 4. The number of para-hydroxylation sites is 2. The molecule has 2 heterocycles. The average Bonchev–Trinajstić information content (AvgIpc) is 2.87. The van der Waals surface area contributed by atoms with E-state index in [0.717, 1.165) is 39.3 Å². The van der Waals surface area contributed by atoms with Gasteiger partial charge in [-0.3, -0.25) is 0 Å². The summed E-state index contributed by atoms with van der Waals surface area (Å²) >= 11 is 7.30. The number of halogens is 1. The number of nitrogens with zero attached hydrogens (tertiary/aromatic N) is 4. The van der Waals surface area contributed by atoms with E-state index >= 15 is 0 Å². The zero-order valence-corrected chi connectivity index (χ0v) is 10.5. The highest BCUT2D eigenvalue weighted by atomic mass is 35.5. The number of hydrogen-bond donors (Lipinski definition) is 0. The van der Waals surface area contributed by atoms with Crippen molar-refractivity contribution < 1.29 is 0 Å². The quantitative estimate of drug-likeness (QED) is 0.460. The minimum atomic E-state index is 0.566. The third-order valence-corrected chi connectivity index (χ3v) is 3.62. The molecule has 4 aromatic rings. The van der Waals surface area contributed by atoms with Crippen LogP contribution < -0.4 is 0 Å². The normalized spacial score (nSPS) is 11.6. The van der Waals surface area contributed by atoms with E-state index in [-0.39, 0.29) is 0 Å². The Morgan fingerprint density at radius 2 is 1.56 bits per heavy atom. The van der Waals surface area contributed by atoms with Crippen molar-refractivity contribution in [1.29, 1.82) is 0 Å². The van der Waals surface area contributed by atoms with Crippen molar-refractivity contribution in [3.05, 3.63) is 35.4 Å². The molecule has 2 aromatic carbocycles. The molecule has 0 aliphatic carbocycles. The molecule has 0 saturated carbocycles. The molecule has 4 rings (SSSR count). The van der Waals surface area contributed by atoms with Gasteiger partial charge in [-0.2, -0.15) is 8.75 Å². The number of hydrogen-bond acceptors (Lipinski definition) is 5. The summed E-state index contributed by atoms with van der Waals surface area (Å²) in [7, 11) is 0. The predicted octanol–water partition coefficient (Wildman–Crippen LogP) is 3.44. The molecule has 0 atom stereocenters. The van der Waals surface area contributed by atoms with Gasteiger partial charge in [0, 0.05) is 0 Å². The number of benzene rings is 2. The lowest BCUT2D eigenvalue weighted by Crippen LogP contribution is -1.88. The van der Waals surface area contributed by atoms with Crippen LogP contribution in [0.1, 0.15) is 0 Å². The molecule has 0 fully saturated rings. The maximum absolute atomic E-state index is 6.16. The van der Waals surface area contributed by atoms with Crippen LogP contribution in [0.25, 0.3) is 33.1 Å². The molecule has 4 nitrogen and oxygen atoms in total. The highest BCUT2D eigenvalue weighted by Crippen LogP contribution is 2.29. The van der Waals surface area contributed by atoms with Gasteiger partial charge in [0.1, 0.15) is 16.6 Å². The minimum Gasteiger partial charge on any atom is -0.244 e. The van der Waals surface area contributed by atoms with Gasteiger partial charge in [-0.1, -0.05) is 23.7 Å². The minimum absolute atomic E-state index is 0.566. The fourth-order valence-electron chi connectivity index (χ4n) is 1.98. The van der Waals surface area contributed by atoms with Gasteiger partial charge < -0.3 is 0 Å². The highest BCUT2D eigenvalue weighted by Gasteiger charge is 2.12. The van der Waals surface area contributed by atoms with Gasteiger partial charge >= 0.3 is 0 Å². The summed E-state index contributed by atoms with van der Waals surface area (Å²) in [5, 5.41) is 0.566. The molecule has 0 radical (unpaired) electrons. The third-order valence-electron chi connectivity index (χ3n) is 2.80. The van der Waals surface area contributed by atoms with Gasteiger partial charge in [0.2, 0.25) is 0 Å². The standard InChI is InChI=1S/C12H5ClN4S/c13-6-5-9-11(12-10(6)16-18-17-12)15-8-4-2-1-3-7(8)14-9/h1-5H. The first kappa shape index (κ1) is 10.1. The van der Waals surface area contributed by atoms with E-state index in [1.54, 1.807) is 6.07 Å². The first-order chi connectivity index (χ1) is 8.83. The molecule has 2 aromatic heterocycles. The second-order valence-electron chi connectivity index (χ2n) is 3.90. The van der Waals surface area contributed by atoms with Crippen molar-refractivity contribution in [2.24, 2.45) is 0 Å². The smallest absolute Gasteiger partial charge is 0.134 e. The van der Waals surface area contributed by atoms with Crippen molar-refractivity contribution in [3.8, 4) is 0 Å². The fourth-order valence-corrected chi connectivity index (χ4v) is 2.82. The zero-order chi connectivity index (χ0) is 12.1. The Hall–Kier alpha value is -1.85. The monoisotopic (exact) mass is 272 g/mol. The lowest BCUT2D eigenvalue weighted by molar-refractivity contribution is 1.40. The molecule has 0 amide bonds.